The fourth-order valence-corrected chi connectivity index (χ4v) is 1.26. The highest BCUT2D eigenvalue weighted by atomic mass is 35.5. The lowest BCUT2D eigenvalue weighted by atomic mass is 10.1. The predicted octanol–water partition coefficient (Wildman–Crippen LogP) is 1.59. The second-order valence-electron chi connectivity index (χ2n) is 3.48. The van der Waals surface area contributed by atoms with Crippen LogP contribution in [0.25, 0.3) is 0 Å². The number of aromatic nitrogens is 2. The van der Waals surface area contributed by atoms with Crippen molar-refractivity contribution in [3.8, 4) is 0 Å². The highest BCUT2D eigenvalue weighted by molar-refractivity contribution is 6.29. The SMILES string of the molecule is CCCCC(N)C(=O)Nc1ccc(Cl)nn1. The van der Waals surface area contributed by atoms with Crippen LogP contribution < -0.4 is 11.1 Å². The smallest absolute Gasteiger partial charge is 0.242 e. The van der Waals surface area contributed by atoms with Crippen molar-refractivity contribution in [2.24, 2.45) is 5.73 Å². The van der Waals surface area contributed by atoms with Crippen LogP contribution in [0.3, 0.4) is 0 Å². The normalized spacial score (nSPS) is 12.2. The summed E-state index contributed by atoms with van der Waals surface area (Å²) in [5.41, 5.74) is 5.69. The maximum Gasteiger partial charge on any atom is 0.242 e. The molecule has 0 radical (unpaired) electrons. The van der Waals surface area contributed by atoms with Crippen molar-refractivity contribution in [2.75, 3.05) is 5.32 Å². The molecule has 16 heavy (non-hydrogen) atoms. The molecule has 5 nitrogen and oxygen atoms in total. The van der Waals surface area contributed by atoms with E-state index in [-0.39, 0.29) is 11.1 Å². The number of nitrogens with zero attached hydrogens (tertiary/aromatic N) is 2. The largest absolute Gasteiger partial charge is 0.320 e. The lowest BCUT2D eigenvalue weighted by Gasteiger charge is -2.10. The van der Waals surface area contributed by atoms with E-state index in [2.05, 4.69) is 22.4 Å². The van der Waals surface area contributed by atoms with Gasteiger partial charge in [-0.05, 0) is 18.6 Å². The Balaban J connectivity index is 2.47. The molecule has 0 saturated carbocycles. The summed E-state index contributed by atoms with van der Waals surface area (Å²) in [4.78, 5) is 11.6. The first kappa shape index (κ1) is 12.9. The fourth-order valence-electron chi connectivity index (χ4n) is 1.16. The van der Waals surface area contributed by atoms with E-state index in [1.54, 1.807) is 12.1 Å². The van der Waals surface area contributed by atoms with Crippen LogP contribution in [-0.4, -0.2) is 22.1 Å². The van der Waals surface area contributed by atoms with E-state index in [1.807, 2.05) is 0 Å². The number of nitrogens with one attached hydrogen (secondary N) is 1. The molecule has 0 bridgehead atoms. The average Bonchev–Trinajstić information content (AvgIpc) is 2.29. The number of unbranched alkanes of at least 4 members (excludes halogenated alkanes) is 1. The molecule has 88 valence electrons. The highest BCUT2D eigenvalue weighted by Gasteiger charge is 2.13. The molecule has 0 aliphatic heterocycles. The highest BCUT2D eigenvalue weighted by Crippen LogP contribution is 2.07. The Labute approximate surface area is 99.4 Å². The van der Waals surface area contributed by atoms with Crippen molar-refractivity contribution in [1.82, 2.24) is 10.2 Å². The van der Waals surface area contributed by atoms with Gasteiger partial charge in [-0.3, -0.25) is 4.79 Å². The number of hydrogen-bond donors (Lipinski definition) is 2. The summed E-state index contributed by atoms with van der Waals surface area (Å²) in [5, 5.41) is 10.2. The Hall–Kier alpha value is -1.20. The van der Waals surface area contributed by atoms with E-state index in [1.165, 1.54) is 0 Å². The first-order valence-electron chi connectivity index (χ1n) is 5.19. The third-order valence-electron chi connectivity index (χ3n) is 2.09. The third kappa shape index (κ3) is 4.12. The summed E-state index contributed by atoms with van der Waals surface area (Å²) >= 11 is 5.57. The second-order valence-corrected chi connectivity index (χ2v) is 3.87. The molecule has 0 aliphatic carbocycles. The van der Waals surface area contributed by atoms with E-state index in [0.29, 0.717) is 12.2 Å². The lowest BCUT2D eigenvalue weighted by Crippen LogP contribution is -2.35. The van der Waals surface area contributed by atoms with Gasteiger partial charge in [-0.25, -0.2) is 0 Å². The number of carbonyl (C=O) groups is 1. The molecule has 1 unspecified atom stereocenters. The van der Waals surface area contributed by atoms with Crippen molar-refractivity contribution in [1.29, 1.82) is 0 Å². The standard InChI is InChI=1S/C10H15ClN4O/c1-2-3-4-7(12)10(16)13-9-6-5-8(11)14-15-9/h5-7H,2-4,12H2,1H3,(H,13,15,16). The molecule has 1 aromatic rings. The van der Waals surface area contributed by atoms with Crippen LogP contribution in [0.15, 0.2) is 12.1 Å². The van der Waals surface area contributed by atoms with Crippen molar-refractivity contribution in [2.45, 2.75) is 32.2 Å². The number of amides is 1. The molecule has 0 saturated heterocycles. The van der Waals surface area contributed by atoms with Gasteiger partial charge in [0.2, 0.25) is 5.91 Å². The van der Waals surface area contributed by atoms with Crippen molar-refractivity contribution in [3.63, 3.8) is 0 Å². The van der Waals surface area contributed by atoms with Crippen LogP contribution in [0.5, 0.6) is 0 Å². The molecule has 0 fully saturated rings. The average molecular weight is 243 g/mol. The van der Waals surface area contributed by atoms with Gasteiger partial charge in [0.25, 0.3) is 0 Å². The maximum absolute atomic E-state index is 11.6. The van der Waals surface area contributed by atoms with E-state index < -0.39 is 6.04 Å². The van der Waals surface area contributed by atoms with E-state index in [4.69, 9.17) is 17.3 Å². The third-order valence-corrected chi connectivity index (χ3v) is 2.29. The summed E-state index contributed by atoms with van der Waals surface area (Å²) in [6.07, 6.45) is 2.62. The Morgan fingerprint density at radius 3 is 2.88 bits per heavy atom. The van der Waals surface area contributed by atoms with Crippen LogP contribution in [-0.2, 0) is 4.79 Å². The van der Waals surface area contributed by atoms with Crippen molar-refractivity contribution in [3.05, 3.63) is 17.3 Å². The van der Waals surface area contributed by atoms with Crippen LogP contribution in [0.1, 0.15) is 26.2 Å². The molecule has 1 amide bonds. The number of anilines is 1. The number of carbonyl (C=O) groups excluding carboxylic acids is 1. The molecule has 1 atom stereocenters. The summed E-state index contributed by atoms with van der Waals surface area (Å²) < 4.78 is 0. The van der Waals surface area contributed by atoms with Gasteiger partial charge in [0, 0.05) is 0 Å². The van der Waals surface area contributed by atoms with E-state index in [0.717, 1.165) is 12.8 Å². The molecule has 0 aliphatic rings. The monoisotopic (exact) mass is 242 g/mol. The van der Waals surface area contributed by atoms with Crippen LogP contribution >= 0.6 is 11.6 Å². The van der Waals surface area contributed by atoms with Crippen molar-refractivity contribution >= 4 is 23.3 Å². The number of rotatable bonds is 5. The molecule has 0 spiro atoms. The van der Waals surface area contributed by atoms with E-state index >= 15 is 0 Å². The van der Waals surface area contributed by atoms with Crippen LogP contribution in [0.2, 0.25) is 5.15 Å². The molecular formula is C10H15ClN4O. The van der Waals surface area contributed by atoms with Crippen LogP contribution in [0.4, 0.5) is 5.82 Å². The minimum Gasteiger partial charge on any atom is -0.320 e. The first-order valence-corrected chi connectivity index (χ1v) is 5.57. The van der Waals surface area contributed by atoms with Gasteiger partial charge in [0.15, 0.2) is 11.0 Å². The van der Waals surface area contributed by atoms with Crippen LogP contribution in [0, 0.1) is 0 Å². The summed E-state index contributed by atoms with van der Waals surface area (Å²) in [6, 6.07) is 2.64. The maximum atomic E-state index is 11.6. The van der Waals surface area contributed by atoms with Crippen molar-refractivity contribution < 1.29 is 4.79 Å². The number of halogens is 1. The van der Waals surface area contributed by atoms with Gasteiger partial charge in [0.1, 0.15) is 0 Å². The van der Waals surface area contributed by atoms with Gasteiger partial charge in [-0.1, -0.05) is 31.4 Å². The molecule has 3 N–H and O–H groups in total. The molecule has 1 heterocycles. The Bertz CT molecular complexity index is 341. The Morgan fingerprint density at radius 1 is 1.56 bits per heavy atom. The van der Waals surface area contributed by atoms with Gasteiger partial charge in [-0.2, -0.15) is 0 Å². The van der Waals surface area contributed by atoms with Gasteiger partial charge >= 0.3 is 0 Å². The number of nitrogens with two attached hydrogens (primary N) is 1. The lowest BCUT2D eigenvalue weighted by molar-refractivity contribution is -0.117. The zero-order chi connectivity index (χ0) is 12.0. The molecule has 6 heteroatoms. The minimum atomic E-state index is -0.502. The topological polar surface area (TPSA) is 80.9 Å². The predicted molar refractivity (Wildman–Crippen MR) is 63.2 cm³/mol. The quantitative estimate of drug-likeness (QED) is 0.822. The fraction of sp³-hybridized carbons (Fsp3) is 0.500. The summed E-state index contributed by atoms with van der Waals surface area (Å²) in [6.45, 7) is 2.05. The van der Waals surface area contributed by atoms with Gasteiger partial charge in [-0.15, -0.1) is 10.2 Å². The first-order chi connectivity index (χ1) is 7.63. The van der Waals surface area contributed by atoms with Gasteiger partial charge < -0.3 is 11.1 Å². The molecule has 0 aromatic carbocycles. The molecular weight excluding hydrogens is 228 g/mol. The zero-order valence-corrected chi connectivity index (χ0v) is 9.87. The summed E-state index contributed by atoms with van der Waals surface area (Å²) in [7, 11) is 0. The van der Waals surface area contributed by atoms with E-state index in [9.17, 15) is 4.79 Å². The second kappa shape index (κ2) is 6.40. The Morgan fingerprint density at radius 2 is 2.31 bits per heavy atom. The van der Waals surface area contributed by atoms with Gasteiger partial charge in [0.05, 0.1) is 6.04 Å². The molecule has 1 aromatic heterocycles. The molecule has 1 rings (SSSR count). The summed E-state index contributed by atoms with van der Waals surface area (Å²) in [5.74, 6) is 0.117. The number of hydrogen-bond acceptors (Lipinski definition) is 4. The Kier molecular flexibility index (Phi) is 5.14. The zero-order valence-electron chi connectivity index (χ0n) is 9.11. The minimum absolute atomic E-state index is 0.245.